The van der Waals surface area contributed by atoms with Crippen molar-refractivity contribution in [3.63, 3.8) is 0 Å². The van der Waals surface area contributed by atoms with Crippen LogP contribution in [0.5, 0.6) is 0 Å². The predicted molar refractivity (Wildman–Crippen MR) is 93.9 cm³/mol. The molecule has 2 aromatic carbocycles. The number of nitrogens with zero attached hydrogens (tertiary/aromatic N) is 1. The zero-order valence-corrected chi connectivity index (χ0v) is 13.9. The molecule has 0 radical (unpaired) electrons. The van der Waals surface area contributed by atoms with Crippen LogP contribution < -0.4 is 10.2 Å². The molecular weight excluding hydrogens is 308 g/mol. The van der Waals surface area contributed by atoms with Crippen LogP contribution in [0.25, 0.3) is 0 Å². The molecule has 0 unspecified atom stereocenters. The topological polar surface area (TPSA) is 49.4 Å². The van der Waals surface area contributed by atoms with Gasteiger partial charge < -0.3 is 5.32 Å². The molecule has 118 valence electrons. The van der Waals surface area contributed by atoms with Crippen LogP contribution in [0.3, 0.4) is 0 Å². The summed E-state index contributed by atoms with van der Waals surface area (Å²) in [5, 5.41) is 3.19. The van der Waals surface area contributed by atoms with E-state index in [2.05, 4.69) is 5.32 Å². The van der Waals surface area contributed by atoms with E-state index in [1.54, 1.807) is 11.8 Å². The van der Waals surface area contributed by atoms with Crippen molar-refractivity contribution in [2.45, 2.75) is 24.3 Å². The highest BCUT2D eigenvalue weighted by Gasteiger charge is 2.40. The number of hydrogen-bond acceptors (Lipinski definition) is 4. The van der Waals surface area contributed by atoms with Gasteiger partial charge in [-0.15, -0.1) is 11.8 Å². The molecule has 0 spiro atoms. The lowest BCUT2D eigenvalue weighted by molar-refractivity contribution is -0.121. The van der Waals surface area contributed by atoms with Gasteiger partial charge in [-0.05, 0) is 43.0 Å². The van der Waals surface area contributed by atoms with Gasteiger partial charge in [0.1, 0.15) is 6.04 Å². The summed E-state index contributed by atoms with van der Waals surface area (Å²) in [6, 6.07) is 14.8. The van der Waals surface area contributed by atoms with Gasteiger partial charge >= 0.3 is 0 Å². The Morgan fingerprint density at radius 2 is 1.91 bits per heavy atom. The van der Waals surface area contributed by atoms with E-state index in [0.717, 1.165) is 16.1 Å². The molecule has 0 aromatic heterocycles. The summed E-state index contributed by atoms with van der Waals surface area (Å²) in [4.78, 5) is 27.4. The molecule has 23 heavy (non-hydrogen) atoms. The van der Waals surface area contributed by atoms with E-state index in [-0.39, 0.29) is 18.2 Å². The van der Waals surface area contributed by atoms with Gasteiger partial charge in [0.2, 0.25) is 5.91 Å². The van der Waals surface area contributed by atoms with Gasteiger partial charge in [0.15, 0.2) is 0 Å². The second-order valence-corrected chi connectivity index (χ2v) is 6.37. The molecule has 2 aromatic rings. The smallest absolute Gasteiger partial charge is 0.256 e. The first-order valence-corrected chi connectivity index (χ1v) is 8.65. The van der Waals surface area contributed by atoms with Crippen LogP contribution in [0, 0.1) is 6.92 Å². The summed E-state index contributed by atoms with van der Waals surface area (Å²) in [6.45, 7) is 1.90. The minimum Gasteiger partial charge on any atom is -0.373 e. The van der Waals surface area contributed by atoms with Crippen molar-refractivity contribution in [2.75, 3.05) is 16.5 Å². The molecule has 1 aliphatic heterocycles. The molecule has 1 heterocycles. The minimum atomic E-state index is -0.515. The molecule has 1 aliphatic rings. The standard InChI is InChI=1S/C18H18N2O2S/c1-12-6-3-4-9-16(12)20-17(21)11-15(18(20)22)19-13-7-5-8-14(10-13)23-2/h3-10,15,19H,11H2,1-2H3/t15-/m0/s1. The van der Waals surface area contributed by atoms with Crippen molar-refractivity contribution >= 4 is 35.0 Å². The van der Waals surface area contributed by atoms with Crippen molar-refractivity contribution in [3.05, 3.63) is 54.1 Å². The van der Waals surface area contributed by atoms with Crippen LogP contribution >= 0.6 is 11.8 Å². The van der Waals surface area contributed by atoms with Crippen molar-refractivity contribution in [1.82, 2.24) is 0 Å². The van der Waals surface area contributed by atoms with E-state index < -0.39 is 6.04 Å². The quantitative estimate of drug-likeness (QED) is 0.690. The highest BCUT2D eigenvalue weighted by molar-refractivity contribution is 7.98. The van der Waals surface area contributed by atoms with Crippen LogP contribution in [-0.4, -0.2) is 24.1 Å². The zero-order chi connectivity index (χ0) is 16.4. The lowest BCUT2D eigenvalue weighted by Crippen LogP contribution is -2.35. The third-order valence-electron chi connectivity index (χ3n) is 3.91. The van der Waals surface area contributed by atoms with Gasteiger partial charge in [0, 0.05) is 10.6 Å². The molecule has 0 bridgehead atoms. The number of amides is 2. The number of benzene rings is 2. The molecular formula is C18H18N2O2S. The van der Waals surface area contributed by atoms with Crippen molar-refractivity contribution in [2.24, 2.45) is 0 Å². The first kappa shape index (κ1) is 15.6. The van der Waals surface area contributed by atoms with Crippen LogP contribution in [0.15, 0.2) is 53.4 Å². The molecule has 1 saturated heterocycles. The number of rotatable bonds is 4. The number of carbonyl (C=O) groups excluding carboxylic acids is 2. The van der Waals surface area contributed by atoms with E-state index in [0.29, 0.717) is 5.69 Å². The van der Waals surface area contributed by atoms with Crippen molar-refractivity contribution < 1.29 is 9.59 Å². The Morgan fingerprint density at radius 1 is 1.13 bits per heavy atom. The molecule has 3 rings (SSSR count). The predicted octanol–water partition coefficient (Wildman–Crippen LogP) is 3.46. The molecule has 4 nitrogen and oxygen atoms in total. The second kappa shape index (κ2) is 6.46. The zero-order valence-electron chi connectivity index (χ0n) is 13.1. The fourth-order valence-corrected chi connectivity index (χ4v) is 3.19. The van der Waals surface area contributed by atoms with E-state index >= 15 is 0 Å². The molecule has 5 heteroatoms. The fourth-order valence-electron chi connectivity index (χ4n) is 2.73. The van der Waals surface area contributed by atoms with Crippen LogP contribution in [-0.2, 0) is 9.59 Å². The molecule has 0 saturated carbocycles. The van der Waals surface area contributed by atoms with Crippen molar-refractivity contribution in [3.8, 4) is 0 Å². The lowest BCUT2D eigenvalue weighted by Gasteiger charge is -2.18. The van der Waals surface area contributed by atoms with Crippen molar-refractivity contribution in [1.29, 1.82) is 0 Å². The minimum absolute atomic E-state index is 0.164. The second-order valence-electron chi connectivity index (χ2n) is 5.49. The summed E-state index contributed by atoms with van der Waals surface area (Å²) in [5.41, 5.74) is 2.44. The van der Waals surface area contributed by atoms with E-state index in [1.807, 2.05) is 61.7 Å². The Balaban J connectivity index is 1.82. The average molecular weight is 326 g/mol. The number of para-hydroxylation sites is 1. The summed E-state index contributed by atoms with van der Waals surface area (Å²) in [5.74, 6) is -0.360. The number of imide groups is 1. The summed E-state index contributed by atoms with van der Waals surface area (Å²) in [6.07, 6.45) is 2.18. The number of thioether (sulfide) groups is 1. The summed E-state index contributed by atoms with van der Waals surface area (Å²) in [7, 11) is 0. The summed E-state index contributed by atoms with van der Waals surface area (Å²) >= 11 is 1.64. The summed E-state index contributed by atoms with van der Waals surface area (Å²) < 4.78 is 0. The van der Waals surface area contributed by atoms with Gasteiger partial charge in [0.05, 0.1) is 12.1 Å². The third kappa shape index (κ3) is 3.10. The normalized spacial score (nSPS) is 17.7. The maximum atomic E-state index is 12.7. The van der Waals surface area contributed by atoms with Crippen LogP contribution in [0.4, 0.5) is 11.4 Å². The largest absolute Gasteiger partial charge is 0.373 e. The van der Waals surface area contributed by atoms with Gasteiger partial charge in [-0.1, -0.05) is 24.3 Å². The van der Waals surface area contributed by atoms with Crippen LogP contribution in [0.2, 0.25) is 0 Å². The molecule has 1 atom stereocenters. The van der Waals surface area contributed by atoms with E-state index in [1.165, 1.54) is 4.90 Å². The molecule has 1 N–H and O–H groups in total. The maximum absolute atomic E-state index is 12.7. The third-order valence-corrected chi connectivity index (χ3v) is 4.64. The Kier molecular flexibility index (Phi) is 4.39. The molecule has 0 aliphatic carbocycles. The Hall–Kier alpha value is -2.27. The molecule has 1 fully saturated rings. The van der Waals surface area contributed by atoms with Gasteiger partial charge in [-0.3, -0.25) is 9.59 Å². The first-order chi connectivity index (χ1) is 11.1. The number of nitrogens with one attached hydrogen (secondary N) is 1. The van der Waals surface area contributed by atoms with Crippen LogP contribution in [0.1, 0.15) is 12.0 Å². The monoisotopic (exact) mass is 326 g/mol. The Labute approximate surface area is 139 Å². The fraction of sp³-hybridized carbons (Fsp3) is 0.222. The highest BCUT2D eigenvalue weighted by atomic mass is 32.2. The number of hydrogen-bond donors (Lipinski definition) is 1. The number of aryl methyl sites for hydroxylation is 1. The number of carbonyl (C=O) groups is 2. The van der Waals surface area contributed by atoms with Gasteiger partial charge in [-0.25, -0.2) is 4.90 Å². The molecule has 2 amide bonds. The van der Waals surface area contributed by atoms with E-state index in [4.69, 9.17) is 0 Å². The lowest BCUT2D eigenvalue weighted by atomic mass is 10.2. The highest BCUT2D eigenvalue weighted by Crippen LogP contribution is 2.28. The van der Waals surface area contributed by atoms with Gasteiger partial charge in [0.25, 0.3) is 5.91 Å². The Morgan fingerprint density at radius 3 is 2.65 bits per heavy atom. The maximum Gasteiger partial charge on any atom is 0.256 e. The SMILES string of the molecule is CSc1cccc(N[C@H]2CC(=O)N(c3ccccc3C)C2=O)c1. The van der Waals surface area contributed by atoms with E-state index in [9.17, 15) is 9.59 Å². The Bertz CT molecular complexity index is 760. The number of anilines is 2. The van der Waals surface area contributed by atoms with Gasteiger partial charge in [-0.2, -0.15) is 0 Å². The average Bonchev–Trinajstić information content (AvgIpc) is 2.82. The first-order valence-electron chi connectivity index (χ1n) is 7.43.